The SMILES string of the molecule is NC(=NCCCc1nc(-c2ccc(F)cc2)no1)N1CCN(c2ccc(F)cc2)CC1. The third kappa shape index (κ3) is 5.36. The third-order valence-corrected chi connectivity index (χ3v) is 5.19. The lowest BCUT2D eigenvalue weighted by Crippen LogP contribution is -2.51. The van der Waals surface area contributed by atoms with Crippen LogP contribution < -0.4 is 10.6 Å². The first-order chi connectivity index (χ1) is 15.1. The van der Waals surface area contributed by atoms with Gasteiger partial charge in [-0.25, -0.2) is 8.78 Å². The quantitative estimate of drug-likeness (QED) is 0.371. The molecule has 0 atom stereocenters. The summed E-state index contributed by atoms with van der Waals surface area (Å²) >= 11 is 0. The maximum absolute atomic E-state index is 13.1. The van der Waals surface area contributed by atoms with E-state index in [0.29, 0.717) is 36.2 Å². The molecule has 0 saturated carbocycles. The van der Waals surface area contributed by atoms with Crippen molar-refractivity contribution in [3.05, 3.63) is 66.1 Å². The summed E-state index contributed by atoms with van der Waals surface area (Å²) in [4.78, 5) is 13.1. The van der Waals surface area contributed by atoms with E-state index in [0.717, 1.165) is 38.3 Å². The van der Waals surface area contributed by atoms with Crippen molar-refractivity contribution in [3.8, 4) is 11.4 Å². The summed E-state index contributed by atoms with van der Waals surface area (Å²) in [6.07, 6.45) is 1.31. The van der Waals surface area contributed by atoms with Gasteiger partial charge in [-0.3, -0.25) is 4.99 Å². The molecular weight excluding hydrogens is 402 g/mol. The summed E-state index contributed by atoms with van der Waals surface area (Å²) in [5.74, 6) is 0.945. The first-order valence-electron chi connectivity index (χ1n) is 10.2. The van der Waals surface area contributed by atoms with E-state index in [1.807, 2.05) is 0 Å². The van der Waals surface area contributed by atoms with Crippen LogP contribution in [0.25, 0.3) is 11.4 Å². The number of anilines is 1. The zero-order valence-corrected chi connectivity index (χ0v) is 17.0. The van der Waals surface area contributed by atoms with Crippen LogP contribution >= 0.6 is 0 Å². The second-order valence-electron chi connectivity index (χ2n) is 7.31. The van der Waals surface area contributed by atoms with Gasteiger partial charge in [0.25, 0.3) is 0 Å². The number of piperazine rings is 1. The van der Waals surface area contributed by atoms with Gasteiger partial charge in [0.2, 0.25) is 11.7 Å². The lowest BCUT2D eigenvalue weighted by molar-refractivity contribution is 0.374. The van der Waals surface area contributed by atoms with Crippen LogP contribution in [0.4, 0.5) is 14.5 Å². The van der Waals surface area contributed by atoms with Gasteiger partial charge < -0.3 is 20.1 Å². The van der Waals surface area contributed by atoms with Crippen molar-refractivity contribution in [2.75, 3.05) is 37.6 Å². The number of hydrogen-bond acceptors (Lipinski definition) is 5. The summed E-state index contributed by atoms with van der Waals surface area (Å²) in [5, 5.41) is 3.94. The molecule has 1 fully saturated rings. The van der Waals surface area contributed by atoms with Crippen molar-refractivity contribution in [2.24, 2.45) is 10.7 Å². The highest BCUT2D eigenvalue weighted by Gasteiger charge is 2.18. The van der Waals surface area contributed by atoms with E-state index in [1.54, 1.807) is 24.3 Å². The minimum atomic E-state index is -0.306. The Morgan fingerprint density at radius 3 is 2.29 bits per heavy atom. The van der Waals surface area contributed by atoms with Crippen molar-refractivity contribution in [1.29, 1.82) is 0 Å². The highest BCUT2D eigenvalue weighted by Crippen LogP contribution is 2.18. The number of nitrogens with zero attached hydrogens (tertiary/aromatic N) is 5. The standard InChI is InChI=1S/C22H24F2N6O/c23-17-5-3-16(4-6-17)21-27-20(31-28-21)2-1-11-26-22(25)30-14-12-29(13-15-30)19-9-7-18(24)8-10-19/h3-10H,1-2,11-15H2,(H2,25,26). The zero-order chi connectivity index (χ0) is 21.6. The Bertz CT molecular complexity index is 1010. The van der Waals surface area contributed by atoms with Gasteiger partial charge in [-0.05, 0) is 55.0 Å². The van der Waals surface area contributed by atoms with E-state index in [1.165, 1.54) is 24.3 Å². The normalized spacial score (nSPS) is 14.8. The molecule has 1 aliphatic rings. The van der Waals surface area contributed by atoms with Crippen LogP contribution in [-0.4, -0.2) is 53.7 Å². The first-order valence-corrected chi connectivity index (χ1v) is 10.2. The van der Waals surface area contributed by atoms with Crippen LogP contribution in [0.1, 0.15) is 12.3 Å². The van der Waals surface area contributed by atoms with Gasteiger partial charge >= 0.3 is 0 Å². The molecule has 2 aromatic carbocycles. The molecule has 0 spiro atoms. The van der Waals surface area contributed by atoms with Gasteiger partial charge in [0.15, 0.2) is 5.96 Å². The number of aryl methyl sites for hydroxylation is 1. The Labute approximate surface area is 179 Å². The molecule has 3 aromatic rings. The van der Waals surface area contributed by atoms with Crippen molar-refractivity contribution in [3.63, 3.8) is 0 Å². The third-order valence-electron chi connectivity index (χ3n) is 5.19. The number of nitrogens with two attached hydrogens (primary N) is 1. The van der Waals surface area contributed by atoms with Gasteiger partial charge in [0, 0.05) is 50.4 Å². The summed E-state index contributed by atoms with van der Waals surface area (Å²) < 4.78 is 31.4. The van der Waals surface area contributed by atoms with Gasteiger partial charge in [0.1, 0.15) is 11.6 Å². The lowest BCUT2D eigenvalue weighted by Gasteiger charge is -2.36. The zero-order valence-electron chi connectivity index (χ0n) is 17.0. The number of halogens is 2. The Balaban J connectivity index is 1.22. The Kier molecular flexibility index (Phi) is 6.40. The number of hydrogen-bond donors (Lipinski definition) is 1. The average molecular weight is 426 g/mol. The van der Waals surface area contributed by atoms with Crippen molar-refractivity contribution in [1.82, 2.24) is 15.0 Å². The highest BCUT2D eigenvalue weighted by molar-refractivity contribution is 5.78. The van der Waals surface area contributed by atoms with Gasteiger partial charge in [-0.1, -0.05) is 5.16 Å². The number of aromatic nitrogens is 2. The molecule has 1 saturated heterocycles. The average Bonchev–Trinajstić information content (AvgIpc) is 3.27. The molecule has 1 aliphatic heterocycles. The molecule has 0 bridgehead atoms. The molecule has 0 unspecified atom stereocenters. The van der Waals surface area contributed by atoms with E-state index >= 15 is 0 Å². The molecule has 31 heavy (non-hydrogen) atoms. The first kappa shape index (κ1) is 20.8. The van der Waals surface area contributed by atoms with Crippen molar-refractivity contribution in [2.45, 2.75) is 12.8 Å². The van der Waals surface area contributed by atoms with Crippen LogP contribution in [0, 0.1) is 11.6 Å². The largest absolute Gasteiger partial charge is 0.370 e. The minimum Gasteiger partial charge on any atom is -0.370 e. The summed E-state index contributed by atoms with van der Waals surface area (Å²) in [6, 6.07) is 12.5. The Morgan fingerprint density at radius 1 is 0.968 bits per heavy atom. The number of rotatable bonds is 6. The van der Waals surface area contributed by atoms with Gasteiger partial charge in [-0.2, -0.15) is 4.98 Å². The van der Waals surface area contributed by atoms with Gasteiger partial charge in [-0.15, -0.1) is 0 Å². The molecule has 162 valence electrons. The second-order valence-corrected chi connectivity index (χ2v) is 7.31. The van der Waals surface area contributed by atoms with Crippen molar-refractivity contribution < 1.29 is 13.3 Å². The fourth-order valence-corrected chi connectivity index (χ4v) is 3.44. The molecule has 4 rings (SSSR count). The molecule has 2 heterocycles. The Hall–Kier alpha value is -3.49. The highest BCUT2D eigenvalue weighted by atomic mass is 19.1. The lowest BCUT2D eigenvalue weighted by atomic mass is 10.2. The molecule has 9 heteroatoms. The van der Waals surface area contributed by atoms with Crippen LogP contribution in [0.5, 0.6) is 0 Å². The number of benzene rings is 2. The maximum Gasteiger partial charge on any atom is 0.227 e. The predicted octanol–water partition coefficient (Wildman–Crippen LogP) is 3.08. The molecule has 7 nitrogen and oxygen atoms in total. The smallest absolute Gasteiger partial charge is 0.227 e. The van der Waals surface area contributed by atoms with E-state index in [2.05, 4.69) is 24.9 Å². The summed E-state index contributed by atoms with van der Waals surface area (Å²) in [5.41, 5.74) is 7.87. The van der Waals surface area contributed by atoms with E-state index < -0.39 is 0 Å². The number of aliphatic imine (C=N–C) groups is 1. The van der Waals surface area contributed by atoms with Crippen molar-refractivity contribution >= 4 is 11.6 Å². The second kappa shape index (κ2) is 9.55. The van der Waals surface area contributed by atoms with Crippen LogP contribution in [0.2, 0.25) is 0 Å². The van der Waals surface area contributed by atoms with Crippen LogP contribution in [0.3, 0.4) is 0 Å². The molecule has 0 radical (unpaired) electrons. The molecule has 2 N–H and O–H groups in total. The molecule has 0 amide bonds. The monoisotopic (exact) mass is 426 g/mol. The van der Waals surface area contributed by atoms with E-state index in [9.17, 15) is 8.78 Å². The minimum absolute atomic E-state index is 0.231. The van der Waals surface area contributed by atoms with E-state index in [4.69, 9.17) is 10.3 Å². The maximum atomic E-state index is 13.1. The van der Waals surface area contributed by atoms with Crippen LogP contribution in [0.15, 0.2) is 58.0 Å². The Morgan fingerprint density at radius 2 is 1.61 bits per heavy atom. The van der Waals surface area contributed by atoms with E-state index in [-0.39, 0.29) is 11.6 Å². The topological polar surface area (TPSA) is 83.8 Å². The summed E-state index contributed by atoms with van der Waals surface area (Å²) in [7, 11) is 0. The predicted molar refractivity (Wildman–Crippen MR) is 115 cm³/mol. The van der Waals surface area contributed by atoms with Crippen LogP contribution in [-0.2, 0) is 6.42 Å². The molecular formula is C22H24F2N6O. The number of guanidine groups is 1. The fourth-order valence-electron chi connectivity index (χ4n) is 3.44. The molecule has 1 aromatic heterocycles. The fraction of sp³-hybridized carbons (Fsp3) is 0.318. The van der Waals surface area contributed by atoms with Gasteiger partial charge in [0.05, 0.1) is 0 Å². The molecule has 0 aliphatic carbocycles. The summed E-state index contributed by atoms with van der Waals surface area (Å²) in [6.45, 7) is 3.68.